The van der Waals surface area contributed by atoms with Crippen LogP contribution < -0.4 is 0 Å². The summed E-state index contributed by atoms with van der Waals surface area (Å²) in [5.74, 6) is 0. The van der Waals surface area contributed by atoms with Gasteiger partial charge in [0.1, 0.15) is 0 Å². The maximum absolute atomic E-state index is 8.06. The molecule has 0 aliphatic rings. The first-order valence-electron chi connectivity index (χ1n) is 8.91. The van der Waals surface area contributed by atoms with Gasteiger partial charge in [-0.15, -0.1) is 0 Å². The molecule has 0 atom stereocenters. The maximum atomic E-state index is 8.06. The van der Waals surface area contributed by atoms with E-state index >= 15 is 0 Å². The molecule has 0 aromatic heterocycles. The lowest BCUT2D eigenvalue weighted by Gasteiger charge is -2.36. The zero-order chi connectivity index (χ0) is 16.9. The number of rotatable bonds is 9. The van der Waals surface area contributed by atoms with Crippen LogP contribution in [0.5, 0.6) is 0 Å². The van der Waals surface area contributed by atoms with E-state index in [1.807, 2.05) is 0 Å². The summed E-state index contributed by atoms with van der Waals surface area (Å²) in [7, 11) is -1.88. The summed E-state index contributed by atoms with van der Waals surface area (Å²) in [4.78, 5) is 0. The van der Waals surface area contributed by atoms with E-state index in [0.29, 0.717) is 6.61 Å². The third-order valence-electron chi connectivity index (χ3n) is 3.53. The second-order valence-electron chi connectivity index (χ2n) is 6.17. The van der Waals surface area contributed by atoms with Crippen molar-refractivity contribution in [3.63, 3.8) is 0 Å². The van der Waals surface area contributed by atoms with Crippen LogP contribution in [0.3, 0.4) is 0 Å². The van der Waals surface area contributed by atoms with Crippen LogP contribution in [0.1, 0.15) is 78.0 Å². The topological polar surface area (TPSA) is 9.23 Å². The highest BCUT2D eigenvalue weighted by atomic mass is 28.4. The second-order valence-corrected chi connectivity index (χ2v) is 11.0. The van der Waals surface area contributed by atoms with Gasteiger partial charge in [0.05, 0.1) is 0 Å². The van der Waals surface area contributed by atoms with E-state index in [1.54, 1.807) is 0 Å². The summed E-state index contributed by atoms with van der Waals surface area (Å²) in [6.45, 7) is 13.1. The minimum absolute atomic E-state index is 0.0971. The summed E-state index contributed by atoms with van der Waals surface area (Å²) in [6, 6.07) is 0. The zero-order valence-electron chi connectivity index (χ0n) is 16.7. The Morgan fingerprint density at radius 3 is 2.12 bits per heavy atom. The van der Waals surface area contributed by atoms with Gasteiger partial charge in [0.15, 0.2) is 8.32 Å². The Morgan fingerprint density at radius 2 is 1.59 bits per heavy atom. The standard InChI is InChI=1S/C15H34OSi/c1-7-8-9-10-11-12-13-14-16-17(5,6)15(2,3)4/h7-14H2,1-6H3/i11D2,12D2. The lowest BCUT2D eigenvalue weighted by atomic mass is 10.1. The monoisotopic (exact) mass is 262 g/mol. The van der Waals surface area contributed by atoms with Crippen LogP contribution in [0.4, 0.5) is 0 Å². The molecule has 0 saturated carbocycles. The first kappa shape index (κ1) is 11.0. The van der Waals surface area contributed by atoms with Crippen LogP contribution in [0, 0.1) is 0 Å². The molecular formula is C15H34OSi. The highest BCUT2D eigenvalue weighted by Crippen LogP contribution is 2.36. The molecule has 0 aromatic rings. The third kappa shape index (κ3) is 7.99. The molecule has 0 bridgehead atoms. The average Bonchev–Trinajstić information content (AvgIpc) is 2.26. The average molecular weight is 263 g/mol. The maximum Gasteiger partial charge on any atom is 0.191 e. The van der Waals surface area contributed by atoms with Crippen molar-refractivity contribution in [1.29, 1.82) is 0 Å². The smallest absolute Gasteiger partial charge is 0.191 e. The third-order valence-corrected chi connectivity index (χ3v) is 8.06. The normalized spacial score (nSPS) is 18.2. The van der Waals surface area contributed by atoms with Gasteiger partial charge in [-0.1, -0.05) is 66.1 Å². The fourth-order valence-corrected chi connectivity index (χ4v) is 2.26. The highest BCUT2D eigenvalue weighted by molar-refractivity contribution is 6.74. The van der Waals surface area contributed by atoms with Crippen LogP contribution >= 0.6 is 0 Å². The van der Waals surface area contributed by atoms with Crippen LogP contribution in [0.2, 0.25) is 18.1 Å². The minimum Gasteiger partial charge on any atom is -0.417 e. The molecule has 0 heterocycles. The predicted octanol–water partition coefficient (Wildman–Crippen LogP) is 5.76. The second kappa shape index (κ2) is 8.31. The van der Waals surface area contributed by atoms with Crippen LogP contribution in [-0.2, 0) is 4.43 Å². The Morgan fingerprint density at radius 1 is 1.00 bits per heavy atom. The summed E-state index contributed by atoms with van der Waals surface area (Å²) < 4.78 is 38.1. The van der Waals surface area contributed by atoms with E-state index in [4.69, 9.17) is 9.91 Å². The molecule has 0 aromatic carbocycles. The van der Waals surface area contributed by atoms with Crippen molar-refractivity contribution >= 4 is 8.32 Å². The Labute approximate surface area is 116 Å². The van der Waals surface area contributed by atoms with Crippen LogP contribution in [-0.4, -0.2) is 14.9 Å². The van der Waals surface area contributed by atoms with E-state index < -0.39 is 21.1 Å². The van der Waals surface area contributed by atoms with Crippen molar-refractivity contribution in [2.45, 2.75) is 90.7 Å². The molecule has 0 radical (unpaired) electrons. The lowest BCUT2D eigenvalue weighted by Crippen LogP contribution is -2.40. The van der Waals surface area contributed by atoms with E-state index in [-0.39, 0.29) is 17.9 Å². The van der Waals surface area contributed by atoms with E-state index in [9.17, 15) is 0 Å². The molecule has 1 nitrogen and oxygen atoms in total. The molecule has 0 rings (SSSR count). The summed E-state index contributed by atoms with van der Waals surface area (Å²) in [5.41, 5.74) is 0. The van der Waals surface area contributed by atoms with Crippen molar-refractivity contribution in [1.82, 2.24) is 0 Å². The zero-order valence-corrected chi connectivity index (χ0v) is 13.7. The Kier molecular flexibility index (Phi) is 5.40. The SMILES string of the molecule is [2H]C([2H])(CCCCC)C([2H])([2H])CCO[Si](C)(C)C(C)(C)C. The fraction of sp³-hybridized carbons (Fsp3) is 1.00. The first-order valence-corrected chi connectivity index (χ1v) is 9.82. The van der Waals surface area contributed by atoms with Gasteiger partial charge in [0.2, 0.25) is 0 Å². The van der Waals surface area contributed by atoms with Crippen molar-refractivity contribution < 1.29 is 9.91 Å². The fourth-order valence-electron chi connectivity index (χ4n) is 1.21. The first-order chi connectivity index (χ1) is 9.27. The molecular weight excluding hydrogens is 224 g/mol. The van der Waals surface area contributed by atoms with E-state index in [1.165, 1.54) is 0 Å². The van der Waals surface area contributed by atoms with Gasteiger partial charge in [-0.25, -0.2) is 0 Å². The van der Waals surface area contributed by atoms with Crippen molar-refractivity contribution in [2.75, 3.05) is 6.61 Å². The van der Waals surface area contributed by atoms with Gasteiger partial charge < -0.3 is 4.43 Å². The van der Waals surface area contributed by atoms with Gasteiger partial charge in [0.25, 0.3) is 0 Å². The van der Waals surface area contributed by atoms with Gasteiger partial charge in [-0.05, 0) is 24.6 Å². The van der Waals surface area contributed by atoms with E-state index in [2.05, 4.69) is 40.8 Å². The Balaban J connectivity index is 4.48. The Bertz CT molecular complexity index is 311. The minimum atomic E-state index is -1.88. The molecule has 0 aliphatic heterocycles. The van der Waals surface area contributed by atoms with Gasteiger partial charge in [-0.2, -0.15) is 0 Å². The van der Waals surface area contributed by atoms with Crippen molar-refractivity contribution in [3.05, 3.63) is 0 Å². The molecule has 0 saturated heterocycles. The predicted molar refractivity (Wildman–Crippen MR) is 81.1 cm³/mol. The van der Waals surface area contributed by atoms with Crippen molar-refractivity contribution in [3.8, 4) is 0 Å². The number of hydrogen-bond donors (Lipinski definition) is 0. The molecule has 104 valence electrons. The molecule has 2 heteroatoms. The molecule has 17 heavy (non-hydrogen) atoms. The quantitative estimate of drug-likeness (QED) is 0.379. The number of unbranched alkanes of at least 4 members (excludes halogenated alkanes) is 2. The molecule has 0 aliphatic carbocycles. The van der Waals surface area contributed by atoms with E-state index in [0.717, 1.165) is 19.3 Å². The summed E-state index contributed by atoms with van der Waals surface area (Å²) in [5, 5.41) is 0.0971. The van der Waals surface area contributed by atoms with Gasteiger partial charge >= 0.3 is 0 Å². The van der Waals surface area contributed by atoms with Crippen LogP contribution in [0.25, 0.3) is 0 Å². The molecule has 0 spiro atoms. The van der Waals surface area contributed by atoms with Crippen LogP contribution in [0.15, 0.2) is 0 Å². The molecule has 0 unspecified atom stereocenters. The lowest BCUT2D eigenvalue weighted by molar-refractivity contribution is 0.277. The molecule has 0 N–H and O–H groups in total. The molecule has 0 amide bonds. The molecule has 0 fully saturated rings. The van der Waals surface area contributed by atoms with Gasteiger partial charge in [-0.3, -0.25) is 0 Å². The van der Waals surface area contributed by atoms with Crippen molar-refractivity contribution in [2.24, 2.45) is 0 Å². The Hall–Kier alpha value is 0.177. The number of hydrogen-bond acceptors (Lipinski definition) is 1. The summed E-state index contributed by atoms with van der Waals surface area (Å²) in [6.07, 6.45) is -0.482. The highest BCUT2D eigenvalue weighted by Gasteiger charge is 2.36. The summed E-state index contributed by atoms with van der Waals surface area (Å²) >= 11 is 0. The van der Waals surface area contributed by atoms with Gasteiger partial charge in [0, 0.05) is 12.1 Å². The largest absolute Gasteiger partial charge is 0.417 e.